The molecular weight excluding hydrogens is 266 g/mol. The molecular formula is C17H17NO3. The second-order valence-electron chi connectivity index (χ2n) is 4.42. The van der Waals surface area contributed by atoms with Gasteiger partial charge in [-0.15, -0.1) is 0 Å². The van der Waals surface area contributed by atoms with Crippen molar-refractivity contribution in [3.8, 4) is 5.75 Å². The van der Waals surface area contributed by atoms with Gasteiger partial charge < -0.3 is 15.2 Å². The van der Waals surface area contributed by atoms with E-state index >= 15 is 0 Å². The summed E-state index contributed by atoms with van der Waals surface area (Å²) in [6.45, 7) is 1.01. The van der Waals surface area contributed by atoms with Crippen LogP contribution in [0.1, 0.15) is 5.56 Å². The molecule has 0 aliphatic heterocycles. The van der Waals surface area contributed by atoms with Crippen molar-refractivity contribution in [3.05, 3.63) is 72.3 Å². The molecule has 0 saturated carbocycles. The molecule has 0 radical (unpaired) electrons. The zero-order valence-corrected chi connectivity index (χ0v) is 11.5. The molecule has 2 aromatic rings. The first-order valence-corrected chi connectivity index (χ1v) is 6.64. The van der Waals surface area contributed by atoms with Gasteiger partial charge in [0, 0.05) is 18.3 Å². The van der Waals surface area contributed by atoms with Crippen molar-refractivity contribution in [2.75, 3.05) is 11.9 Å². The quantitative estimate of drug-likeness (QED) is 0.765. The van der Waals surface area contributed by atoms with Crippen LogP contribution in [0.2, 0.25) is 0 Å². The lowest BCUT2D eigenvalue weighted by Gasteiger charge is -2.08. The highest BCUT2D eigenvalue weighted by molar-refractivity contribution is 5.79. The minimum absolute atomic E-state index is 0.469. The van der Waals surface area contributed by atoms with E-state index < -0.39 is 5.97 Å². The van der Waals surface area contributed by atoms with E-state index in [1.165, 1.54) is 0 Å². The van der Waals surface area contributed by atoms with E-state index in [9.17, 15) is 4.79 Å². The minimum Gasteiger partial charge on any atom is -0.489 e. The molecule has 2 rings (SSSR count). The van der Waals surface area contributed by atoms with Crippen LogP contribution in [-0.2, 0) is 11.4 Å². The standard InChI is InChI=1S/C17H17NO3/c19-17(20)7-4-12-18-15-8-10-16(11-9-15)21-13-14-5-2-1-3-6-14/h1-11,18H,12-13H2,(H,19,20). The monoisotopic (exact) mass is 283 g/mol. The molecule has 4 heteroatoms. The molecule has 4 nitrogen and oxygen atoms in total. The van der Waals surface area contributed by atoms with Crippen LogP contribution in [0.3, 0.4) is 0 Å². The summed E-state index contributed by atoms with van der Waals surface area (Å²) in [6.07, 6.45) is 2.67. The Morgan fingerprint density at radius 2 is 1.81 bits per heavy atom. The van der Waals surface area contributed by atoms with Crippen molar-refractivity contribution >= 4 is 11.7 Å². The van der Waals surface area contributed by atoms with Crippen LogP contribution in [0.4, 0.5) is 5.69 Å². The number of carboxylic acid groups (broad SMARTS) is 1. The van der Waals surface area contributed by atoms with Gasteiger partial charge >= 0.3 is 5.97 Å². The first kappa shape index (κ1) is 14.7. The fourth-order valence-corrected chi connectivity index (χ4v) is 1.75. The van der Waals surface area contributed by atoms with Crippen molar-refractivity contribution < 1.29 is 14.6 Å². The third-order valence-electron chi connectivity index (χ3n) is 2.79. The molecule has 0 aliphatic carbocycles. The number of rotatable bonds is 7. The third kappa shape index (κ3) is 5.40. The topological polar surface area (TPSA) is 58.6 Å². The maximum absolute atomic E-state index is 10.3. The fourth-order valence-electron chi connectivity index (χ4n) is 1.75. The lowest BCUT2D eigenvalue weighted by atomic mass is 10.2. The predicted octanol–water partition coefficient (Wildman–Crippen LogP) is 3.32. The highest BCUT2D eigenvalue weighted by Gasteiger charge is 1.96. The Bertz CT molecular complexity index is 591. The molecule has 0 fully saturated rings. The zero-order valence-electron chi connectivity index (χ0n) is 11.5. The van der Waals surface area contributed by atoms with E-state index in [0.29, 0.717) is 13.2 Å². The maximum Gasteiger partial charge on any atom is 0.328 e. The molecule has 0 atom stereocenters. The van der Waals surface area contributed by atoms with Gasteiger partial charge in [-0.2, -0.15) is 0 Å². The fraction of sp³-hybridized carbons (Fsp3) is 0.118. The van der Waals surface area contributed by atoms with E-state index in [-0.39, 0.29) is 0 Å². The summed E-state index contributed by atoms with van der Waals surface area (Å²) in [5.74, 6) is -0.146. The SMILES string of the molecule is O=C(O)C=CCNc1ccc(OCc2ccccc2)cc1. The summed E-state index contributed by atoms with van der Waals surface area (Å²) in [7, 11) is 0. The first-order chi connectivity index (χ1) is 10.2. The summed E-state index contributed by atoms with van der Waals surface area (Å²) >= 11 is 0. The molecule has 0 aliphatic rings. The van der Waals surface area contributed by atoms with Gasteiger partial charge in [-0.3, -0.25) is 0 Å². The molecule has 0 saturated heterocycles. The largest absolute Gasteiger partial charge is 0.489 e. The number of hydrogen-bond acceptors (Lipinski definition) is 3. The molecule has 0 amide bonds. The Balaban J connectivity index is 1.80. The molecule has 0 unspecified atom stereocenters. The van der Waals surface area contributed by atoms with Gasteiger partial charge in [-0.05, 0) is 29.8 Å². The van der Waals surface area contributed by atoms with Crippen LogP contribution >= 0.6 is 0 Å². The van der Waals surface area contributed by atoms with Crippen LogP contribution in [0.15, 0.2) is 66.7 Å². The molecule has 2 aromatic carbocycles. The predicted molar refractivity (Wildman–Crippen MR) is 82.5 cm³/mol. The number of anilines is 1. The number of hydrogen-bond donors (Lipinski definition) is 2. The normalized spacial score (nSPS) is 10.5. The Morgan fingerprint density at radius 3 is 2.48 bits per heavy atom. The van der Waals surface area contributed by atoms with Crippen LogP contribution < -0.4 is 10.1 Å². The second-order valence-corrected chi connectivity index (χ2v) is 4.42. The van der Waals surface area contributed by atoms with Gasteiger partial charge in [0.25, 0.3) is 0 Å². The third-order valence-corrected chi connectivity index (χ3v) is 2.79. The number of carboxylic acids is 1. The number of carbonyl (C=O) groups is 1. The van der Waals surface area contributed by atoms with E-state index in [2.05, 4.69) is 5.32 Å². The minimum atomic E-state index is -0.943. The van der Waals surface area contributed by atoms with E-state index in [4.69, 9.17) is 9.84 Å². The van der Waals surface area contributed by atoms with Gasteiger partial charge in [-0.1, -0.05) is 36.4 Å². The summed E-state index contributed by atoms with van der Waals surface area (Å²) in [4.78, 5) is 10.3. The van der Waals surface area contributed by atoms with Crippen molar-refractivity contribution in [3.63, 3.8) is 0 Å². The molecule has 108 valence electrons. The molecule has 0 aromatic heterocycles. The van der Waals surface area contributed by atoms with Crippen molar-refractivity contribution in [2.45, 2.75) is 6.61 Å². The van der Waals surface area contributed by atoms with Crippen LogP contribution in [0.25, 0.3) is 0 Å². The Morgan fingerprint density at radius 1 is 1.10 bits per heavy atom. The van der Waals surface area contributed by atoms with Gasteiger partial charge in [0.05, 0.1) is 0 Å². The van der Waals surface area contributed by atoms with Crippen molar-refractivity contribution in [2.24, 2.45) is 0 Å². The lowest BCUT2D eigenvalue weighted by Crippen LogP contribution is -2.00. The summed E-state index contributed by atoms with van der Waals surface area (Å²) in [6, 6.07) is 17.5. The molecule has 0 heterocycles. The summed E-state index contributed by atoms with van der Waals surface area (Å²) in [5, 5.41) is 11.6. The van der Waals surface area contributed by atoms with Crippen LogP contribution in [0.5, 0.6) is 5.75 Å². The average Bonchev–Trinajstić information content (AvgIpc) is 2.51. The van der Waals surface area contributed by atoms with Gasteiger partial charge in [0.1, 0.15) is 12.4 Å². The van der Waals surface area contributed by atoms with E-state index in [1.54, 1.807) is 6.08 Å². The summed E-state index contributed by atoms with van der Waals surface area (Å²) < 4.78 is 5.68. The van der Waals surface area contributed by atoms with Crippen molar-refractivity contribution in [1.82, 2.24) is 0 Å². The smallest absolute Gasteiger partial charge is 0.328 e. The Kier molecular flexibility index (Phi) is 5.41. The average molecular weight is 283 g/mol. The van der Waals surface area contributed by atoms with Crippen molar-refractivity contribution in [1.29, 1.82) is 0 Å². The number of benzene rings is 2. The summed E-state index contributed by atoms with van der Waals surface area (Å²) in [5.41, 5.74) is 2.04. The molecule has 2 N–H and O–H groups in total. The van der Waals surface area contributed by atoms with Gasteiger partial charge in [0.2, 0.25) is 0 Å². The van der Waals surface area contributed by atoms with Crippen LogP contribution in [-0.4, -0.2) is 17.6 Å². The lowest BCUT2D eigenvalue weighted by molar-refractivity contribution is -0.131. The highest BCUT2D eigenvalue weighted by atomic mass is 16.5. The van der Waals surface area contributed by atoms with Gasteiger partial charge in [-0.25, -0.2) is 4.79 Å². The Hall–Kier alpha value is -2.75. The number of aliphatic carboxylic acids is 1. The van der Waals surface area contributed by atoms with E-state index in [0.717, 1.165) is 23.1 Å². The first-order valence-electron chi connectivity index (χ1n) is 6.64. The highest BCUT2D eigenvalue weighted by Crippen LogP contribution is 2.16. The maximum atomic E-state index is 10.3. The molecule has 21 heavy (non-hydrogen) atoms. The van der Waals surface area contributed by atoms with E-state index in [1.807, 2.05) is 54.6 Å². The number of ether oxygens (including phenoxy) is 1. The number of nitrogens with one attached hydrogen (secondary N) is 1. The Labute approximate surface area is 123 Å². The van der Waals surface area contributed by atoms with Gasteiger partial charge in [0.15, 0.2) is 0 Å². The molecule has 0 bridgehead atoms. The molecule has 0 spiro atoms. The zero-order chi connectivity index (χ0) is 14.9. The van der Waals surface area contributed by atoms with Crippen LogP contribution in [0, 0.1) is 0 Å². The second kappa shape index (κ2) is 7.75.